The van der Waals surface area contributed by atoms with Gasteiger partial charge in [0.2, 0.25) is 0 Å². The number of unbranched alkanes of at least 4 members (excludes halogenated alkanes) is 3. The highest BCUT2D eigenvalue weighted by molar-refractivity contribution is 5.80. The molecule has 0 fully saturated rings. The first-order valence-corrected chi connectivity index (χ1v) is 10.1. The minimum absolute atomic E-state index is 0.211. The van der Waals surface area contributed by atoms with E-state index in [4.69, 9.17) is 0 Å². The molecular formula is C20H34O8. The molecule has 0 radical (unpaired) electrons. The predicted octanol–water partition coefficient (Wildman–Crippen LogP) is 3.73. The maximum atomic E-state index is 11.5. The zero-order chi connectivity index (χ0) is 21.7. The summed E-state index contributed by atoms with van der Waals surface area (Å²) >= 11 is 0. The summed E-state index contributed by atoms with van der Waals surface area (Å²) in [6, 6.07) is 0. The highest BCUT2D eigenvalue weighted by Gasteiger charge is 2.34. The normalized spacial score (nSPS) is 15.4. The molecule has 0 bridgehead atoms. The Hall–Kier alpha value is -2.12. The van der Waals surface area contributed by atoms with E-state index in [1.807, 2.05) is 6.92 Å². The molecule has 0 aromatic carbocycles. The summed E-state index contributed by atoms with van der Waals surface area (Å²) in [6.45, 7) is 3.72. The molecule has 8 nitrogen and oxygen atoms in total. The Morgan fingerprint density at radius 3 is 1.11 bits per heavy atom. The van der Waals surface area contributed by atoms with Crippen LogP contribution in [-0.2, 0) is 19.2 Å². The SMILES string of the molecule is CCCCC(C(=O)O)C(CCCCCC(C(=O)O)C(CCC)C(=O)O)C(=O)O. The first kappa shape index (κ1) is 25.9. The lowest BCUT2D eigenvalue weighted by molar-refractivity contribution is -0.154. The van der Waals surface area contributed by atoms with Gasteiger partial charge in [0.25, 0.3) is 0 Å². The minimum atomic E-state index is -1.13. The Morgan fingerprint density at radius 1 is 0.500 bits per heavy atom. The van der Waals surface area contributed by atoms with Crippen molar-refractivity contribution in [1.82, 2.24) is 0 Å². The van der Waals surface area contributed by atoms with Gasteiger partial charge in [0.05, 0.1) is 23.7 Å². The highest BCUT2D eigenvalue weighted by Crippen LogP contribution is 2.27. The molecule has 4 atom stereocenters. The number of aliphatic carboxylic acids is 4. The Bertz CT molecular complexity index is 516. The zero-order valence-corrected chi connectivity index (χ0v) is 16.8. The number of carboxylic acid groups (broad SMARTS) is 4. The standard InChI is InChI=1S/C20H34O8/c1-3-5-10-14(18(23)24)16(20(27)28)12-8-6-7-11-15(19(25)26)13(9-4-2)17(21)22/h13-16H,3-12H2,1-2H3,(H,21,22)(H,23,24)(H,25,26)(H,27,28). The van der Waals surface area contributed by atoms with Crippen LogP contribution in [0.3, 0.4) is 0 Å². The maximum absolute atomic E-state index is 11.5. The topological polar surface area (TPSA) is 149 Å². The second-order valence-electron chi connectivity index (χ2n) is 7.35. The van der Waals surface area contributed by atoms with Gasteiger partial charge in [-0.25, -0.2) is 0 Å². The molecule has 162 valence electrons. The monoisotopic (exact) mass is 402 g/mol. The average Bonchev–Trinajstić information content (AvgIpc) is 2.60. The van der Waals surface area contributed by atoms with E-state index in [0.717, 1.165) is 6.42 Å². The fraction of sp³-hybridized carbons (Fsp3) is 0.800. The molecule has 0 aromatic rings. The molecule has 8 heteroatoms. The van der Waals surface area contributed by atoms with E-state index in [2.05, 4.69) is 0 Å². The van der Waals surface area contributed by atoms with Crippen molar-refractivity contribution < 1.29 is 39.6 Å². The number of hydrogen-bond donors (Lipinski definition) is 4. The first-order chi connectivity index (χ1) is 13.2. The third-order valence-electron chi connectivity index (χ3n) is 5.24. The van der Waals surface area contributed by atoms with Crippen molar-refractivity contribution in [1.29, 1.82) is 0 Å². The molecule has 0 saturated carbocycles. The van der Waals surface area contributed by atoms with Gasteiger partial charge in [-0.3, -0.25) is 19.2 Å². The van der Waals surface area contributed by atoms with E-state index in [0.29, 0.717) is 44.9 Å². The summed E-state index contributed by atoms with van der Waals surface area (Å²) in [5.41, 5.74) is 0. The van der Waals surface area contributed by atoms with Crippen LogP contribution in [0.2, 0.25) is 0 Å². The summed E-state index contributed by atoms with van der Waals surface area (Å²) in [5.74, 6) is -8.26. The Balaban J connectivity index is 4.69. The molecule has 0 saturated heterocycles. The third kappa shape index (κ3) is 9.19. The molecule has 0 heterocycles. The second-order valence-corrected chi connectivity index (χ2v) is 7.35. The van der Waals surface area contributed by atoms with Crippen LogP contribution >= 0.6 is 0 Å². The fourth-order valence-corrected chi connectivity index (χ4v) is 3.63. The van der Waals surface area contributed by atoms with Crippen LogP contribution in [0.25, 0.3) is 0 Å². The third-order valence-corrected chi connectivity index (χ3v) is 5.24. The molecule has 0 rings (SSSR count). The molecule has 0 aliphatic rings. The summed E-state index contributed by atoms with van der Waals surface area (Å²) < 4.78 is 0. The summed E-state index contributed by atoms with van der Waals surface area (Å²) in [4.78, 5) is 45.7. The van der Waals surface area contributed by atoms with E-state index in [1.165, 1.54) is 0 Å². The van der Waals surface area contributed by atoms with Gasteiger partial charge in [-0.1, -0.05) is 52.4 Å². The lowest BCUT2D eigenvalue weighted by Crippen LogP contribution is -2.30. The van der Waals surface area contributed by atoms with Gasteiger partial charge in [-0.05, 0) is 25.7 Å². The summed E-state index contributed by atoms with van der Waals surface area (Å²) in [6.07, 6.45) is 4.51. The molecule has 0 spiro atoms. The molecule has 0 aliphatic carbocycles. The molecule has 0 aliphatic heterocycles. The average molecular weight is 402 g/mol. The highest BCUT2D eigenvalue weighted by atomic mass is 16.4. The zero-order valence-electron chi connectivity index (χ0n) is 16.8. The number of carboxylic acids is 4. The summed E-state index contributed by atoms with van der Waals surface area (Å²) in [5, 5.41) is 37.3. The largest absolute Gasteiger partial charge is 0.481 e. The molecule has 4 N–H and O–H groups in total. The molecule has 28 heavy (non-hydrogen) atoms. The van der Waals surface area contributed by atoms with E-state index < -0.39 is 47.5 Å². The van der Waals surface area contributed by atoms with Crippen LogP contribution in [0.15, 0.2) is 0 Å². The number of hydrogen-bond acceptors (Lipinski definition) is 4. The Labute approximate surface area is 165 Å². The van der Waals surface area contributed by atoms with Crippen molar-refractivity contribution in [3.63, 3.8) is 0 Å². The molecular weight excluding hydrogens is 368 g/mol. The van der Waals surface area contributed by atoms with Crippen LogP contribution in [0, 0.1) is 23.7 Å². The van der Waals surface area contributed by atoms with Gasteiger partial charge in [0.1, 0.15) is 0 Å². The number of rotatable bonds is 17. The van der Waals surface area contributed by atoms with Crippen LogP contribution in [0.5, 0.6) is 0 Å². The van der Waals surface area contributed by atoms with E-state index in [9.17, 15) is 39.6 Å². The Kier molecular flexibility index (Phi) is 12.9. The van der Waals surface area contributed by atoms with E-state index in [-0.39, 0.29) is 12.8 Å². The fourth-order valence-electron chi connectivity index (χ4n) is 3.63. The van der Waals surface area contributed by atoms with Crippen molar-refractivity contribution in [2.45, 2.75) is 78.1 Å². The smallest absolute Gasteiger partial charge is 0.307 e. The lowest BCUT2D eigenvalue weighted by atomic mass is 9.82. The molecule has 0 amide bonds. The lowest BCUT2D eigenvalue weighted by Gasteiger charge is -2.21. The minimum Gasteiger partial charge on any atom is -0.481 e. The summed E-state index contributed by atoms with van der Waals surface area (Å²) in [7, 11) is 0. The van der Waals surface area contributed by atoms with Crippen molar-refractivity contribution in [3.05, 3.63) is 0 Å². The van der Waals surface area contributed by atoms with Gasteiger partial charge < -0.3 is 20.4 Å². The second kappa shape index (κ2) is 14.0. The molecule has 0 aromatic heterocycles. The maximum Gasteiger partial charge on any atom is 0.307 e. The van der Waals surface area contributed by atoms with Crippen molar-refractivity contribution >= 4 is 23.9 Å². The van der Waals surface area contributed by atoms with E-state index >= 15 is 0 Å². The van der Waals surface area contributed by atoms with Gasteiger partial charge in [-0.2, -0.15) is 0 Å². The van der Waals surface area contributed by atoms with E-state index in [1.54, 1.807) is 6.92 Å². The van der Waals surface area contributed by atoms with Crippen LogP contribution < -0.4 is 0 Å². The number of carbonyl (C=O) groups is 4. The van der Waals surface area contributed by atoms with Crippen LogP contribution in [0.1, 0.15) is 78.1 Å². The van der Waals surface area contributed by atoms with Gasteiger partial charge in [-0.15, -0.1) is 0 Å². The van der Waals surface area contributed by atoms with Gasteiger partial charge >= 0.3 is 23.9 Å². The van der Waals surface area contributed by atoms with Crippen molar-refractivity contribution in [3.8, 4) is 0 Å². The van der Waals surface area contributed by atoms with Gasteiger partial charge in [0, 0.05) is 0 Å². The predicted molar refractivity (Wildman–Crippen MR) is 102 cm³/mol. The quantitative estimate of drug-likeness (QED) is 0.269. The van der Waals surface area contributed by atoms with Crippen LogP contribution in [-0.4, -0.2) is 44.3 Å². The van der Waals surface area contributed by atoms with Crippen molar-refractivity contribution in [2.24, 2.45) is 23.7 Å². The van der Waals surface area contributed by atoms with Crippen molar-refractivity contribution in [2.75, 3.05) is 0 Å². The molecule has 4 unspecified atom stereocenters. The van der Waals surface area contributed by atoms with Crippen LogP contribution in [0.4, 0.5) is 0 Å². The first-order valence-electron chi connectivity index (χ1n) is 10.1. The Morgan fingerprint density at radius 2 is 0.821 bits per heavy atom. The van der Waals surface area contributed by atoms with Gasteiger partial charge in [0.15, 0.2) is 0 Å².